The molecule has 132 valence electrons. The standard InChI is InChI=1S/C22H21NO2S/c1-23(16-20-8-5-15-26-20)22(25)14-13-21(24)19-11-9-18(10-12-19)17-6-3-2-4-7-17/h2-12,15H,13-14,16H2,1H3. The molecule has 3 aromatic rings. The molecule has 2 aromatic carbocycles. The van der Waals surface area contributed by atoms with Gasteiger partial charge in [-0.05, 0) is 22.6 Å². The number of rotatable bonds is 7. The van der Waals surface area contributed by atoms with Gasteiger partial charge in [-0.25, -0.2) is 0 Å². The van der Waals surface area contributed by atoms with Crippen molar-refractivity contribution in [3.8, 4) is 11.1 Å². The summed E-state index contributed by atoms with van der Waals surface area (Å²) in [6, 6.07) is 21.6. The molecule has 3 nitrogen and oxygen atoms in total. The molecule has 0 bridgehead atoms. The summed E-state index contributed by atoms with van der Waals surface area (Å²) in [7, 11) is 1.78. The van der Waals surface area contributed by atoms with Crippen LogP contribution in [0.15, 0.2) is 72.1 Å². The average Bonchev–Trinajstić information content (AvgIpc) is 3.19. The van der Waals surface area contributed by atoms with Crippen LogP contribution in [0.4, 0.5) is 0 Å². The largest absolute Gasteiger partial charge is 0.341 e. The summed E-state index contributed by atoms with van der Waals surface area (Å²) < 4.78 is 0. The summed E-state index contributed by atoms with van der Waals surface area (Å²) >= 11 is 1.63. The third-order valence-electron chi connectivity index (χ3n) is 4.28. The maximum atomic E-state index is 12.4. The molecule has 26 heavy (non-hydrogen) atoms. The third-order valence-corrected chi connectivity index (χ3v) is 5.14. The van der Waals surface area contributed by atoms with Gasteiger partial charge in [0.2, 0.25) is 5.91 Å². The number of benzene rings is 2. The number of hydrogen-bond donors (Lipinski definition) is 0. The van der Waals surface area contributed by atoms with Crippen molar-refractivity contribution in [2.45, 2.75) is 19.4 Å². The maximum Gasteiger partial charge on any atom is 0.223 e. The van der Waals surface area contributed by atoms with Crippen LogP contribution in [-0.4, -0.2) is 23.6 Å². The first-order valence-corrected chi connectivity index (χ1v) is 9.46. The van der Waals surface area contributed by atoms with Crippen molar-refractivity contribution in [3.05, 3.63) is 82.6 Å². The fourth-order valence-corrected chi connectivity index (χ4v) is 3.52. The monoisotopic (exact) mass is 363 g/mol. The molecule has 4 heteroatoms. The number of amides is 1. The Hall–Kier alpha value is -2.72. The van der Waals surface area contributed by atoms with Gasteiger partial charge in [0.05, 0.1) is 6.54 Å². The van der Waals surface area contributed by atoms with E-state index >= 15 is 0 Å². The van der Waals surface area contributed by atoms with Gasteiger partial charge in [-0.3, -0.25) is 9.59 Å². The highest BCUT2D eigenvalue weighted by Crippen LogP contribution is 2.20. The van der Waals surface area contributed by atoms with E-state index in [-0.39, 0.29) is 24.5 Å². The first-order valence-electron chi connectivity index (χ1n) is 8.58. The summed E-state index contributed by atoms with van der Waals surface area (Å²) in [5.74, 6) is -0.00450. The average molecular weight is 363 g/mol. The van der Waals surface area contributed by atoms with E-state index in [1.54, 1.807) is 23.3 Å². The number of hydrogen-bond acceptors (Lipinski definition) is 3. The molecule has 0 fully saturated rings. The van der Waals surface area contributed by atoms with Gasteiger partial charge < -0.3 is 4.90 Å². The molecule has 0 saturated carbocycles. The predicted octanol–water partition coefficient (Wildman–Crippen LogP) is 5.04. The van der Waals surface area contributed by atoms with Gasteiger partial charge in [0.15, 0.2) is 5.78 Å². The summed E-state index contributed by atoms with van der Waals surface area (Å²) in [5, 5.41) is 2.00. The Kier molecular flexibility index (Phi) is 5.97. The quantitative estimate of drug-likeness (QED) is 0.552. The highest BCUT2D eigenvalue weighted by molar-refractivity contribution is 7.09. The number of carbonyl (C=O) groups excluding carboxylic acids is 2. The molecule has 1 amide bonds. The highest BCUT2D eigenvalue weighted by Gasteiger charge is 2.13. The fraction of sp³-hybridized carbons (Fsp3) is 0.182. The third kappa shape index (κ3) is 4.67. The Bertz CT molecular complexity index is 855. The van der Waals surface area contributed by atoms with Gasteiger partial charge in [-0.2, -0.15) is 0 Å². The van der Waals surface area contributed by atoms with Crippen molar-refractivity contribution < 1.29 is 9.59 Å². The number of thiophene rings is 1. The first kappa shape index (κ1) is 18.1. The molecule has 0 aliphatic heterocycles. The van der Waals surface area contributed by atoms with E-state index in [2.05, 4.69) is 0 Å². The van der Waals surface area contributed by atoms with E-state index in [0.29, 0.717) is 12.1 Å². The minimum absolute atomic E-state index is 0.00230. The zero-order valence-electron chi connectivity index (χ0n) is 14.7. The lowest BCUT2D eigenvalue weighted by atomic mass is 10.0. The van der Waals surface area contributed by atoms with Crippen LogP contribution >= 0.6 is 11.3 Å². The predicted molar refractivity (Wildman–Crippen MR) is 106 cm³/mol. The second-order valence-corrected chi connectivity index (χ2v) is 7.23. The van der Waals surface area contributed by atoms with Crippen molar-refractivity contribution in [3.63, 3.8) is 0 Å². The number of ketones is 1. The van der Waals surface area contributed by atoms with Crippen LogP contribution in [0.2, 0.25) is 0 Å². The number of nitrogens with zero attached hydrogens (tertiary/aromatic N) is 1. The molecular formula is C22H21NO2S. The second kappa shape index (κ2) is 8.59. The Morgan fingerprint density at radius 3 is 2.19 bits per heavy atom. The Morgan fingerprint density at radius 1 is 0.846 bits per heavy atom. The fourth-order valence-electron chi connectivity index (χ4n) is 2.76. The minimum atomic E-state index is -0.00680. The van der Waals surface area contributed by atoms with Gasteiger partial charge in [-0.1, -0.05) is 60.7 Å². The lowest BCUT2D eigenvalue weighted by molar-refractivity contribution is -0.130. The van der Waals surface area contributed by atoms with E-state index in [4.69, 9.17) is 0 Å². The number of Topliss-reactive ketones (excluding diaryl/α,β-unsaturated/α-hetero) is 1. The normalized spacial score (nSPS) is 10.5. The molecule has 0 aliphatic rings. The van der Waals surface area contributed by atoms with Crippen molar-refractivity contribution >= 4 is 23.0 Å². The molecule has 0 spiro atoms. The van der Waals surface area contributed by atoms with Crippen LogP contribution in [0.3, 0.4) is 0 Å². The van der Waals surface area contributed by atoms with Crippen molar-refractivity contribution in [1.82, 2.24) is 4.90 Å². The molecule has 0 aliphatic carbocycles. The SMILES string of the molecule is CN(Cc1cccs1)C(=O)CCC(=O)c1ccc(-c2ccccc2)cc1. The molecule has 0 radical (unpaired) electrons. The maximum absolute atomic E-state index is 12.4. The van der Waals surface area contributed by atoms with Crippen molar-refractivity contribution in [1.29, 1.82) is 0 Å². The summed E-state index contributed by atoms with van der Waals surface area (Å²) in [4.78, 5) is 27.4. The smallest absolute Gasteiger partial charge is 0.223 e. The van der Waals surface area contributed by atoms with Gasteiger partial charge in [0.1, 0.15) is 0 Å². The highest BCUT2D eigenvalue weighted by atomic mass is 32.1. The van der Waals surface area contributed by atoms with Gasteiger partial charge >= 0.3 is 0 Å². The van der Waals surface area contributed by atoms with Crippen LogP contribution in [0.1, 0.15) is 28.1 Å². The van der Waals surface area contributed by atoms with E-state index in [1.807, 2.05) is 72.1 Å². The zero-order chi connectivity index (χ0) is 18.4. The van der Waals surface area contributed by atoms with Crippen LogP contribution in [0.5, 0.6) is 0 Å². The van der Waals surface area contributed by atoms with Crippen LogP contribution < -0.4 is 0 Å². The van der Waals surface area contributed by atoms with Crippen molar-refractivity contribution in [2.75, 3.05) is 7.05 Å². The van der Waals surface area contributed by atoms with Crippen molar-refractivity contribution in [2.24, 2.45) is 0 Å². The Labute approximate surface area is 157 Å². The molecule has 0 saturated heterocycles. The summed E-state index contributed by atoms with van der Waals surface area (Å²) in [5.41, 5.74) is 2.85. The molecule has 0 atom stereocenters. The van der Waals surface area contributed by atoms with Crippen LogP contribution in [0, 0.1) is 0 Å². The van der Waals surface area contributed by atoms with E-state index in [1.165, 1.54) is 0 Å². The molecule has 1 aromatic heterocycles. The topological polar surface area (TPSA) is 37.4 Å². The number of carbonyl (C=O) groups is 2. The van der Waals surface area contributed by atoms with Gasteiger partial charge in [0, 0.05) is 30.3 Å². The second-order valence-electron chi connectivity index (χ2n) is 6.20. The lowest BCUT2D eigenvalue weighted by Gasteiger charge is -2.16. The zero-order valence-corrected chi connectivity index (χ0v) is 15.5. The van der Waals surface area contributed by atoms with E-state index in [0.717, 1.165) is 16.0 Å². The molecule has 0 unspecified atom stereocenters. The molecule has 3 rings (SSSR count). The van der Waals surface area contributed by atoms with Gasteiger partial charge in [0.25, 0.3) is 0 Å². The summed E-state index contributed by atoms with van der Waals surface area (Å²) in [6.45, 7) is 0.594. The first-order chi connectivity index (χ1) is 12.6. The lowest BCUT2D eigenvalue weighted by Crippen LogP contribution is -2.26. The molecule has 1 heterocycles. The Balaban J connectivity index is 1.54. The molecular weight excluding hydrogens is 342 g/mol. The van der Waals surface area contributed by atoms with Crippen LogP contribution in [0.25, 0.3) is 11.1 Å². The van der Waals surface area contributed by atoms with E-state index < -0.39 is 0 Å². The van der Waals surface area contributed by atoms with Crippen LogP contribution in [-0.2, 0) is 11.3 Å². The van der Waals surface area contributed by atoms with E-state index in [9.17, 15) is 9.59 Å². The Morgan fingerprint density at radius 2 is 1.54 bits per heavy atom. The summed E-state index contributed by atoms with van der Waals surface area (Å²) in [6.07, 6.45) is 0.472. The minimum Gasteiger partial charge on any atom is -0.341 e. The van der Waals surface area contributed by atoms with Gasteiger partial charge in [-0.15, -0.1) is 11.3 Å². The molecule has 0 N–H and O–H groups in total.